The average Bonchev–Trinajstić information content (AvgIpc) is 3.18. The predicted molar refractivity (Wildman–Crippen MR) is 216 cm³/mol. The zero-order chi connectivity index (χ0) is 43.2. The molecule has 6 aromatic carbocycles. The van der Waals surface area contributed by atoms with Gasteiger partial charge in [-0.25, -0.2) is 0 Å². The van der Waals surface area contributed by atoms with Crippen LogP contribution >= 0.6 is 0 Å². The molecule has 60 heavy (non-hydrogen) atoms. The minimum Gasteiger partial charge on any atom is -0.508 e. The van der Waals surface area contributed by atoms with Crippen molar-refractivity contribution in [3.63, 3.8) is 0 Å². The number of carbonyl (C=O) groups excluding carboxylic acids is 2. The summed E-state index contributed by atoms with van der Waals surface area (Å²) in [6.07, 6.45) is 2.21. The molecule has 0 radical (unpaired) electrons. The molecule has 0 unspecified atom stereocenters. The monoisotopic (exact) mass is 814 g/mol. The molecule has 8 rings (SSSR count). The van der Waals surface area contributed by atoms with E-state index in [0.717, 1.165) is 23.8 Å². The van der Waals surface area contributed by atoms with Crippen LogP contribution in [-0.4, -0.2) is 62.6 Å². The van der Waals surface area contributed by atoms with E-state index in [-0.39, 0.29) is 109 Å². The number of Topliss-reactive ketones (excluding diaryl/α,β-unsaturated/α-hetero) is 1. The molecule has 0 saturated carbocycles. The molecule has 10 N–H and O–H groups in total. The van der Waals surface area contributed by atoms with Gasteiger partial charge in [0.1, 0.15) is 80.1 Å². The van der Waals surface area contributed by atoms with Crippen LogP contribution < -0.4 is 10.2 Å². The molecule has 0 amide bonds. The molecule has 1 aliphatic heterocycles. The first-order chi connectivity index (χ1) is 28.6. The molecule has 304 valence electrons. The zero-order valence-electron chi connectivity index (χ0n) is 30.9. The smallest absolute Gasteiger partial charge is 0.197 e. The molecule has 15 heteroatoms. The maximum atomic E-state index is 12.1. The van der Waals surface area contributed by atoms with Crippen LogP contribution in [0.1, 0.15) is 44.4 Å². The van der Waals surface area contributed by atoms with Crippen molar-refractivity contribution in [2.24, 2.45) is 0 Å². The maximum absolute atomic E-state index is 12.1. The number of phenolic OH excluding ortho intramolecular Hbond substituents is 10. The predicted octanol–water partition coefficient (Wildman–Crippen LogP) is 7.49. The van der Waals surface area contributed by atoms with Gasteiger partial charge < -0.3 is 60.2 Å². The Balaban J connectivity index is 0.000000151. The Kier molecular flexibility index (Phi) is 11.8. The van der Waals surface area contributed by atoms with Gasteiger partial charge in [-0.05, 0) is 77.9 Å². The number of allylic oxidation sites excluding steroid dienone is 1. The molecule has 0 spiro atoms. The van der Waals surface area contributed by atoms with E-state index >= 15 is 0 Å². The number of ether oxygens (including phenoxy) is 1. The molecule has 15 nitrogen and oxygen atoms in total. The SMILES string of the molecule is O=C(/C=C/c1ccc(O)cc1)c1ccc(O)cc1O.O=C1C[C@@H](c2ccc(O)c(O)c2)Oc2cc(O)cc(O)c21.O=c1cc(-c2ccc(O)cc2)oc2cc(O)cc(O)c12. The van der Waals surface area contributed by atoms with E-state index in [1.165, 1.54) is 78.9 Å². The first kappa shape index (κ1) is 41.1. The quantitative estimate of drug-likeness (QED) is 0.0458. The van der Waals surface area contributed by atoms with Crippen molar-refractivity contribution in [3.8, 4) is 74.6 Å². The lowest BCUT2D eigenvalue weighted by Gasteiger charge is -2.26. The van der Waals surface area contributed by atoms with Gasteiger partial charge in [-0.3, -0.25) is 14.4 Å². The number of phenols is 10. The Morgan fingerprint density at radius 2 is 1.18 bits per heavy atom. The van der Waals surface area contributed by atoms with Gasteiger partial charge in [-0.1, -0.05) is 24.3 Å². The molecule has 0 bridgehead atoms. The van der Waals surface area contributed by atoms with Gasteiger partial charge in [0.05, 0.1) is 12.0 Å². The first-order valence-corrected chi connectivity index (χ1v) is 17.7. The molecular formula is C45H34O15. The van der Waals surface area contributed by atoms with Crippen LogP contribution in [0.3, 0.4) is 0 Å². The second-order valence-corrected chi connectivity index (χ2v) is 13.2. The van der Waals surface area contributed by atoms with Crippen LogP contribution in [0.4, 0.5) is 0 Å². The Hall–Kier alpha value is -8.59. The molecule has 1 aliphatic rings. The molecule has 0 fully saturated rings. The summed E-state index contributed by atoms with van der Waals surface area (Å²) in [6.45, 7) is 0. The molecule has 0 aliphatic carbocycles. The van der Waals surface area contributed by atoms with Crippen molar-refractivity contribution >= 4 is 28.6 Å². The Labute approximate surface area is 338 Å². The van der Waals surface area contributed by atoms with Crippen LogP contribution in [0.15, 0.2) is 131 Å². The highest BCUT2D eigenvalue weighted by Crippen LogP contribution is 2.42. The van der Waals surface area contributed by atoms with Gasteiger partial charge in [0, 0.05) is 42.0 Å². The largest absolute Gasteiger partial charge is 0.508 e. The second kappa shape index (κ2) is 17.3. The van der Waals surface area contributed by atoms with Gasteiger partial charge in [0.25, 0.3) is 0 Å². The maximum Gasteiger partial charge on any atom is 0.197 e. The summed E-state index contributed by atoms with van der Waals surface area (Å²) in [7, 11) is 0. The van der Waals surface area contributed by atoms with E-state index in [1.54, 1.807) is 30.3 Å². The number of aromatic hydroxyl groups is 10. The number of hydrogen-bond donors (Lipinski definition) is 10. The van der Waals surface area contributed by atoms with Gasteiger partial charge in [-0.2, -0.15) is 0 Å². The summed E-state index contributed by atoms with van der Waals surface area (Å²) >= 11 is 0. The summed E-state index contributed by atoms with van der Waals surface area (Å²) in [5, 5.41) is 94.2. The highest BCUT2D eigenvalue weighted by molar-refractivity contribution is 6.08. The van der Waals surface area contributed by atoms with E-state index < -0.39 is 11.5 Å². The molecule has 2 heterocycles. The normalized spacial score (nSPS) is 13.0. The molecule has 7 aromatic rings. The number of hydrogen-bond acceptors (Lipinski definition) is 15. The topological polar surface area (TPSA) is 276 Å². The van der Waals surface area contributed by atoms with Crippen molar-refractivity contribution in [1.29, 1.82) is 0 Å². The minimum atomic E-state index is -0.669. The third-order valence-electron chi connectivity index (χ3n) is 8.87. The summed E-state index contributed by atoms with van der Waals surface area (Å²) in [6, 6.07) is 26.4. The van der Waals surface area contributed by atoms with Crippen molar-refractivity contribution < 1.29 is 69.8 Å². The summed E-state index contributed by atoms with van der Waals surface area (Å²) in [4.78, 5) is 36.0. The Morgan fingerprint density at radius 1 is 0.567 bits per heavy atom. The van der Waals surface area contributed by atoms with E-state index in [9.17, 15) is 55.2 Å². The Morgan fingerprint density at radius 3 is 1.85 bits per heavy atom. The van der Waals surface area contributed by atoms with Gasteiger partial charge in [-0.15, -0.1) is 0 Å². The van der Waals surface area contributed by atoms with E-state index in [4.69, 9.17) is 19.4 Å². The summed E-state index contributed by atoms with van der Waals surface area (Å²) in [5.74, 6) is -2.08. The molecule has 1 atom stereocenters. The third-order valence-corrected chi connectivity index (χ3v) is 8.87. The highest BCUT2D eigenvalue weighted by Gasteiger charge is 2.31. The fourth-order valence-corrected chi connectivity index (χ4v) is 5.95. The number of carbonyl (C=O) groups is 2. The number of ketones is 2. The molecular weight excluding hydrogens is 780 g/mol. The van der Waals surface area contributed by atoms with Crippen LogP contribution in [0, 0.1) is 0 Å². The highest BCUT2D eigenvalue weighted by atomic mass is 16.5. The van der Waals surface area contributed by atoms with Crippen LogP contribution in [-0.2, 0) is 0 Å². The summed E-state index contributed by atoms with van der Waals surface area (Å²) < 4.78 is 11.1. The van der Waals surface area contributed by atoms with Crippen molar-refractivity contribution in [2.45, 2.75) is 12.5 Å². The first-order valence-electron chi connectivity index (χ1n) is 17.7. The third kappa shape index (κ3) is 9.50. The fourth-order valence-electron chi connectivity index (χ4n) is 5.95. The van der Waals surface area contributed by atoms with Crippen LogP contribution in [0.5, 0.6) is 63.2 Å². The molecule has 1 aromatic heterocycles. The summed E-state index contributed by atoms with van der Waals surface area (Å²) in [5.41, 5.74) is 1.70. The minimum absolute atomic E-state index is 0.0183. The number of fused-ring (bicyclic) bond motifs is 2. The van der Waals surface area contributed by atoms with Crippen LogP contribution in [0.2, 0.25) is 0 Å². The number of rotatable bonds is 5. The lowest BCUT2D eigenvalue weighted by molar-refractivity contribution is 0.0844. The lowest BCUT2D eigenvalue weighted by atomic mass is 9.95. The van der Waals surface area contributed by atoms with E-state index in [2.05, 4.69) is 0 Å². The van der Waals surface area contributed by atoms with E-state index in [0.29, 0.717) is 11.1 Å². The lowest BCUT2D eigenvalue weighted by Crippen LogP contribution is -2.20. The standard InChI is InChI=1S/C15H12O6.C15H10O5.C15H12O4/c16-8-4-11(19)15-12(20)6-13(21-14(15)5-8)7-1-2-9(17)10(18)3-7;16-9-3-1-8(2-4-9)13-7-12(19)15-11(18)5-10(17)6-14(15)20-13;16-11-4-1-10(2-5-11)3-8-14(18)13-7-6-12(17)9-15(13)19/h1-5,13,16-19H,6H2;1-7,16-18H;1-9,16-17,19H/b;;8-3+/t13-;;/m0../s1. The van der Waals surface area contributed by atoms with Gasteiger partial charge in [0.15, 0.2) is 28.5 Å². The fraction of sp³-hybridized carbons (Fsp3) is 0.0444. The van der Waals surface area contributed by atoms with Crippen molar-refractivity contribution in [2.75, 3.05) is 0 Å². The van der Waals surface area contributed by atoms with Crippen molar-refractivity contribution in [1.82, 2.24) is 0 Å². The zero-order valence-corrected chi connectivity index (χ0v) is 30.9. The number of benzene rings is 6. The van der Waals surface area contributed by atoms with Crippen molar-refractivity contribution in [3.05, 3.63) is 154 Å². The Bertz CT molecular complexity index is 2820. The average molecular weight is 815 g/mol. The van der Waals surface area contributed by atoms with Crippen LogP contribution in [0.25, 0.3) is 28.4 Å². The molecule has 0 saturated heterocycles. The van der Waals surface area contributed by atoms with Gasteiger partial charge >= 0.3 is 0 Å². The second-order valence-electron chi connectivity index (χ2n) is 13.2. The van der Waals surface area contributed by atoms with Gasteiger partial charge in [0.2, 0.25) is 0 Å². The van der Waals surface area contributed by atoms with E-state index in [1.807, 2.05) is 0 Å².